The molecule has 0 radical (unpaired) electrons. The second-order valence-corrected chi connectivity index (χ2v) is 3.75. The molecule has 0 unspecified atom stereocenters. The van der Waals surface area contributed by atoms with Crippen LogP contribution in [0, 0.1) is 0 Å². The molecule has 3 N–H and O–H groups in total. The Morgan fingerprint density at radius 1 is 1.14 bits per heavy atom. The van der Waals surface area contributed by atoms with Crippen molar-refractivity contribution in [3.63, 3.8) is 0 Å². The monoisotopic (exact) mass is 314 g/mol. The molecule has 6 nitrogen and oxygen atoms in total. The van der Waals surface area contributed by atoms with Crippen molar-refractivity contribution >= 4 is 11.8 Å². The summed E-state index contributed by atoms with van der Waals surface area (Å²) in [6.07, 6.45) is -8.46. The average molecular weight is 314 g/mol. The van der Waals surface area contributed by atoms with E-state index in [0.717, 1.165) is 0 Å². The Kier molecular flexibility index (Phi) is 3.39. The molecule has 21 heavy (non-hydrogen) atoms. The Hall–Kier alpha value is -2.53. The highest BCUT2D eigenvalue weighted by Crippen LogP contribution is 2.30. The van der Waals surface area contributed by atoms with Crippen molar-refractivity contribution in [2.75, 3.05) is 11.2 Å². The number of rotatable bonds is 2. The lowest BCUT2D eigenvalue weighted by Crippen LogP contribution is -2.46. The molecule has 2 heterocycles. The van der Waals surface area contributed by atoms with E-state index >= 15 is 0 Å². The minimum Gasteiger partial charge on any atom is -0.349 e. The van der Waals surface area contributed by atoms with Crippen LogP contribution in [0.3, 0.4) is 0 Å². The van der Waals surface area contributed by atoms with Crippen LogP contribution in [0.2, 0.25) is 0 Å². The van der Waals surface area contributed by atoms with Gasteiger partial charge in [-0.15, -0.1) is 4.68 Å². The van der Waals surface area contributed by atoms with Crippen LogP contribution in [0.4, 0.5) is 38.1 Å². The van der Waals surface area contributed by atoms with E-state index in [0.29, 0.717) is 23.1 Å². The summed E-state index contributed by atoms with van der Waals surface area (Å²) < 4.78 is 78.9. The van der Waals surface area contributed by atoms with Gasteiger partial charge in [0, 0.05) is 6.07 Å². The van der Waals surface area contributed by atoms with Crippen LogP contribution in [-0.4, -0.2) is 10.1 Å². The van der Waals surface area contributed by atoms with Crippen molar-refractivity contribution in [3.05, 3.63) is 29.8 Å². The van der Waals surface area contributed by atoms with E-state index in [1.807, 2.05) is 0 Å². The lowest BCUT2D eigenvalue weighted by molar-refractivity contribution is -0.632. The van der Waals surface area contributed by atoms with E-state index < -0.39 is 35.4 Å². The molecular weight excluding hydrogens is 308 g/mol. The number of aromatic nitrogens is 3. The fourth-order valence-electron chi connectivity index (χ4n) is 1.26. The van der Waals surface area contributed by atoms with Gasteiger partial charge in [-0.1, -0.05) is 10.1 Å². The van der Waals surface area contributed by atoms with Gasteiger partial charge in [0.15, 0.2) is 5.82 Å². The van der Waals surface area contributed by atoms with Crippen molar-refractivity contribution in [1.82, 2.24) is 10.1 Å². The molecule has 0 saturated carbocycles. The molecule has 0 aromatic carbocycles. The SMILES string of the molecule is Nc1ncc(C(F)(F)F)c[n+]1Nc1cc(C(F)(F)F)on1. The van der Waals surface area contributed by atoms with Crippen LogP contribution in [-0.2, 0) is 12.4 Å². The van der Waals surface area contributed by atoms with E-state index in [1.54, 1.807) is 0 Å². The number of hydrogen-bond acceptors (Lipinski definition) is 5. The molecule has 114 valence electrons. The molecule has 12 heteroatoms. The van der Waals surface area contributed by atoms with E-state index in [-0.39, 0.29) is 0 Å². The number of hydrogen-bond donors (Lipinski definition) is 2. The maximum absolute atomic E-state index is 12.5. The molecule has 2 aromatic rings. The Labute approximate surface area is 112 Å². The largest absolute Gasteiger partial charge is 0.452 e. The number of nitrogens with two attached hydrogens (primary N) is 1. The molecule has 0 aliphatic carbocycles. The molecule has 0 fully saturated rings. The van der Waals surface area contributed by atoms with Crippen LogP contribution < -0.4 is 15.8 Å². The maximum Gasteiger partial charge on any atom is 0.452 e. The molecule has 0 amide bonds. The normalized spacial score (nSPS) is 12.5. The first-order chi connectivity index (χ1) is 9.57. The van der Waals surface area contributed by atoms with Gasteiger partial charge in [-0.3, -0.25) is 5.73 Å². The Bertz CT molecular complexity index is 649. The fraction of sp³-hybridized carbons (Fsp3) is 0.222. The van der Waals surface area contributed by atoms with Crippen molar-refractivity contribution in [1.29, 1.82) is 0 Å². The zero-order chi connectivity index (χ0) is 15.8. The lowest BCUT2D eigenvalue weighted by atomic mass is 10.3. The van der Waals surface area contributed by atoms with Crippen LogP contribution in [0.1, 0.15) is 11.3 Å². The summed E-state index contributed by atoms with van der Waals surface area (Å²) >= 11 is 0. The number of alkyl halides is 6. The molecule has 2 aromatic heterocycles. The summed E-state index contributed by atoms with van der Waals surface area (Å²) in [7, 11) is 0. The summed E-state index contributed by atoms with van der Waals surface area (Å²) in [4.78, 5) is 3.27. The highest BCUT2D eigenvalue weighted by molar-refractivity contribution is 5.32. The van der Waals surface area contributed by atoms with Crippen LogP contribution in [0.15, 0.2) is 23.0 Å². The molecule has 0 saturated heterocycles. The number of anilines is 2. The van der Waals surface area contributed by atoms with Gasteiger partial charge in [-0.2, -0.15) is 26.3 Å². The van der Waals surface area contributed by atoms with Crippen molar-refractivity contribution in [2.45, 2.75) is 12.4 Å². The van der Waals surface area contributed by atoms with Crippen LogP contribution in [0.25, 0.3) is 0 Å². The summed E-state index contributed by atoms with van der Waals surface area (Å²) in [5.74, 6) is -2.32. The molecule has 0 bridgehead atoms. The third-order valence-electron chi connectivity index (χ3n) is 2.20. The summed E-state index contributed by atoms with van der Waals surface area (Å²) in [5, 5.41) is 3.02. The van der Waals surface area contributed by atoms with E-state index in [4.69, 9.17) is 5.73 Å². The summed E-state index contributed by atoms with van der Waals surface area (Å²) in [5.41, 5.74) is 6.27. The highest BCUT2D eigenvalue weighted by atomic mass is 19.4. The Morgan fingerprint density at radius 2 is 1.81 bits per heavy atom. The van der Waals surface area contributed by atoms with Crippen molar-refractivity contribution < 1.29 is 35.5 Å². The number of nitrogen functional groups attached to an aromatic ring is 1. The minimum atomic E-state index is -4.77. The Balaban J connectivity index is 2.29. The molecular formula is C9H6F6N5O+. The molecule has 0 atom stereocenters. The average Bonchev–Trinajstić information content (AvgIpc) is 2.79. The van der Waals surface area contributed by atoms with E-state index in [9.17, 15) is 26.3 Å². The molecule has 0 spiro atoms. The topological polar surface area (TPSA) is 80.9 Å². The van der Waals surface area contributed by atoms with Gasteiger partial charge >= 0.3 is 18.3 Å². The first kappa shape index (κ1) is 14.9. The van der Waals surface area contributed by atoms with Gasteiger partial charge in [-0.25, -0.2) is 5.43 Å². The van der Waals surface area contributed by atoms with Gasteiger partial charge in [0.05, 0.1) is 0 Å². The molecule has 0 aliphatic rings. The van der Waals surface area contributed by atoms with Gasteiger partial charge in [0.25, 0.3) is 0 Å². The number of nitrogens with one attached hydrogen (secondary N) is 1. The quantitative estimate of drug-likeness (QED) is 0.653. The third kappa shape index (κ3) is 3.32. The van der Waals surface area contributed by atoms with E-state index in [1.165, 1.54) is 0 Å². The second kappa shape index (κ2) is 4.79. The van der Waals surface area contributed by atoms with Crippen LogP contribution in [0.5, 0.6) is 0 Å². The molecule has 0 aliphatic heterocycles. The fourth-order valence-corrected chi connectivity index (χ4v) is 1.26. The van der Waals surface area contributed by atoms with Crippen molar-refractivity contribution in [3.8, 4) is 0 Å². The standard InChI is InChI=1S/C9H5F6N5O/c10-8(11,12)4-2-17-7(16)20(3-4)18-6-1-5(21-19-6)9(13,14)15/h1-3,16H,(H,18,19)/p+1. The zero-order valence-electron chi connectivity index (χ0n) is 9.83. The first-order valence-corrected chi connectivity index (χ1v) is 5.12. The van der Waals surface area contributed by atoms with Gasteiger partial charge in [0.2, 0.25) is 5.76 Å². The first-order valence-electron chi connectivity index (χ1n) is 5.12. The maximum atomic E-state index is 12.5. The van der Waals surface area contributed by atoms with Crippen molar-refractivity contribution in [2.24, 2.45) is 0 Å². The zero-order valence-corrected chi connectivity index (χ0v) is 9.83. The van der Waals surface area contributed by atoms with Gasteiger partial charge in [0.1, 0.15) is 18.0 Å². The predicted molar refractivity (Wildman–Crippen MR) is 54.4 cm³/mol. The highest BCUT2D eigenvalue weighted by Gasteiger charge is 2.37. The minimum absolute atomic E-state index is 0.417. The smallest absolute Gasteiger partial charge is 0.349 e. The molecule has 2 rings (SSSR count). The number of halogens is 6. The lowest BCUT2D eigenvalue weighted by Gasteiger charge is -2.07. The summed E-state index contributed by atoms with van der Waals surface area (Å²) in [6, 6.07) is 0.465. The third-order valence-corrected chi connectivity index (χ3v) is 2.20. The van der Waals surface area contributed by atoms with Gasteiger partial charge < -0.3 is 4.52 Å². The second-order valence-electron chi connectivity index (χ2n) is 3.75. The predicted octanol–water partition coefficient (Wildman–Crippen LogP) is 1.85. The van der Waals surface area contributed by atoms with Crippen LogP contribution >= 0.6 is 0 Å². The Morgan fingerprint density at radius 3 is 2.33 bits per heavy atom. The number of nitrogens with zero attached hydrogens (tertiary/aromatic N) is 3. The summed E-state index contributed by atoms with van der Waals surface area (Å²) in [6.45, 7) is 0. The van der Waals surface area contributed by atoms with Gasteiger partial charge in [-0.05, 0) is 0 Å². The van der Waals surface area contributed by atoms with E-state index in [2.05, 4.69) is 20.1 Å².